The van der Waals surface area contributed by atoms with Gasteiger partial charge in [0.05, 0.1) is 28.6 Å². The Kier molecular flexibility index (Phi) is 7.34. The summed E-state index contributed by atoms with van der Waals surface area (Å²) in [5.74, 6) is 0.252. The maximum atomic E-state index is 5.31. The third-order valence-electron chi connectivity index (χ3n) is 12.9. The van der Waals surface area contributed by atoms with Gasteiger partial charge in [-0.25, -0.2) is 4.98 Å². The molecule has 0 amide bonds. The topological polar surface area (TPSA) is 29.0 Å². The fraction of sp³-hybridized carbons (Fsp3) is 0.0714. The van der Waals surface area contributed by atoms with E-state index in [4.69, 9.17) is 9.97 Å². The average molecular weight is 754 g/mol. The number of benzene rings is 8. The molecule has 1 aromatic heterocycles. The Morgan fingerprint density at radius 3 is 1.81 bits per heavy atom. The monoisotopic (exact) mass is 753 g/mol. The van der Waals surface area contributed by atoms with E-state index in [1.165, 1.54) is 77.9 Å². The second-order valence-corrected chi connectivity index (χ2v) is 16.6. The summed E-state index contributed by atoms with van der Waals surface area (Å²) < 4.78 is 0. The van der Waals surface area contributed by atoms with Gasteiger partial charge in [0.1, 0.15) is 0 Å². The molecule has 3 nitrogen and oxygen atoms in total. The first-order valence-corrected chi connectivity index (χ1v) is 20.5. The van der Waals surface area contributed by atoms with Crippen molar-refractivity contribution < 1.29 is 0 Å². The number of allylic oxidation sites excluding steroid dienone is 5. The van der Waals surface area contributed by atoms with Gasteiger partial charge in [-0.05, 0) is 103 Å². The van der Waals surface area contributed by atoms with Crippen LogP contribution in [0.3, 0.4) is 0 Å². The summed E-state index contributed by atoms with van der Waals surface area (Å²) in [6.45, 7) is 4.71. The van der Waals surface area contributed by atoms with Gasteiger partial charge in [0, 0.05) is 39.1 Å². The molecule has 3 heteroatoms. The maximum Gasteiger partial charge on any atom is 0.0979 e. The van der Waals surface area contributed by atoms with Gasteiger partial charge in [-0.2, -0.15) is 0 Å². The minimum absolute atomic E-state index is 0.186. The van der Waals surface area contributed by atoms with Crippen LogP contribution in [0.1, 0.15) is 36.5 Å². The molecule has 8 aromatic carbocycles. The van der Waals surface area contributed by atoms with Crippen LogP contribution in [0.2, 0.25) is 0 Å². The van der Waals surface area contributed by atoms with E-state index in [1.807, 2.05) is 6.20 Å². The first-order chi connectivity index (χ1) is 29.0. The molecule has 0 radical (unpaired) electrons. The lowest BCUT2D eigenvalue weighted by Gasteiger charge is -2.34. The quantitative estimate of drug-likeness (QED) is 0.168. The van der Waals surface area contributed by atoms with Crippen LogP contribution in [-0.2, 0) is 5.41 Å². The molecule has 1 aliphatic heterocycles. The molecule has 1 unspecified atom stereocenters. The van der Waals surface area contributed by atoms with Crippen LogP contribution < -0.4 is 4.90 Å². The molecule has 0 saturated heterocycles. The van der Waals surface area contributed by atoms with Crippen molar-refractivity contribution in [1.82, 2.24) is 9.97 Å². The van der Waals surface area contributed by atoms with Crippen LogP contribution in [0.15, 0.2) is 200 Å². The Labute approximate surface area is 344 Å². The zero-order valence-electron chi connectivity index (χ0n) is 32.9. The Bertz CT molecular complexity index is 3260. The summed E-state index contributed by atoms with van der Waals surface area (Å²) in [6, 6.07) is 57.7. The highest BCUT2D eigenvalue weighted by Crippen LogP contribution is 2.51. The molecule has 2 bridgehead atoms. The molecule has 1 atom stereocenters. The number of aromatic nitrogens is 2. The second kappa shape index (κ2) is 12.8. The van der Waals surface area contributed by atoms with Crippen LogP contribution in [0.25, 0.3) is 77.2 Å². The zero-order chi connectivity index (χ0) is 39.2. The molecule has 59 heavy (non-hydrogen) atoms. The summed E-state index contributed by atoms with van der Waals surface area (Å²) in [5, 5.41) is 4.68. The molecule has 0 saturated carbocycles. The fourth-order valence-corrected chi connectivity index (χ4v) is 9.87. The largest absolute Gasteiger partial charge is 0.310 e. The van der Waals surface area contributed by atoms with Gasteiger partial charge < -0.3 is 4.90 Å². The number of hydrogen-bond acceptors (Lipinski definition) is 3. The van der Waals surface area contributed by atoms with Crippen molar-refractivity contribution in [3.8, 4) is 44.6 Å². The zero-order valence-corrected chi connectivity index (χ0v) is 32.9. The molecule has 0 spiro atoms. The highest BCUT2D eigenvalue weighted by atomic mass is 15.2. The van der Waals surface area contributed by atoms with Crippen molar-refractivity contribution >= 4 is 44.0 Å². The summed E-state index contributed by atoms with van der Waals surface area (Å²) >= 11 is 0. The van der Waals surface area contributed by atoms with Crippen molar-refractivity contribution in [2.75, 3.05) is 4.90 Å². The van der Waals surface area contributed by atoms with Gasteiger partial charge in [0.25, 0.3) is 0 Å². The van der Waals surface area contributed by atoms with Gasteiger partial charge >= 0.3 is 0 Å². The lowest BCUT2D eigenvalue weighted by Crippen LogP contribution is -2.21. The van der Waals surface area contributed by atoms with Crippen LogP contribution >= 0.6 is 0 Å². The van der Waals surface area contributed by atoms with Crippen LogP contribution in [0, 0.1) is 0 Å². The molecule has 0 fully saturated rings. The van der Waals surface area contributed by atoms with Crippen LogP contribution in [0.4, 0.5) is 11.4 Å². The fourth-order valence-electron chi connectivity index (χ4n) is 9.87. The third-order valence-corrected chi connectivity index (χ3v) is 12.9. The summed E-state index contributed by atoms with van der Waals surface area (Å²) in [6.07, 6.45) is 13.1. The van der Waals surface area contributed by atoms with Crippen molar-refractivity contribution in [3.63, 3.8) is 0 Å². The third kappa shape index (κ3) is 5.21. The number of nitrogens with zero attached hydrogens (tertiary/aromatic N) is 3. The van der Waals surface area contributed by atoms with E-state index >= 15 is 0 Å². The van der Waals surface area contributed by atoms with E-state index in [9.17, 15) is 0 Å². The van der Waals surface area contributed by atoms with Gasteiger partial charge in [-0.3, -0.25) is 4.98 Å². The van der Waals surface area contributed by atoms with Gasteiger partial charge in [-0.1, -0.05) is 159 Å². The Balaban J connectivity index is 0.871. The lowest BCUT2D eigenvalue weighted by molar-refractivity contribution is 0.661. The smallest absolute Gasteiger partial charge is 0.0979 e. The molecule has 9 aromatic rings. The molecular formula is C56H39N3. The summed E-state index contributed by atoms with van der Waals surface area (Å²) in [7, 11) is 0. The lowest BCUT2D eigenvalue weighted by atomic mass is 9.81. The molecule has 278 valence electrons. The predicted molar refractivity (Wildman–Crippen MR) is 246 cm³/mol. The summed E-state index contributed by atoms with van der Waals surface area (Å²) in [4.78, 5) is 12.8. The van der Waals surface area contributed by atoms with E-state index in [-0.39, 0.29) is 11.3 Å². The van der Waals surface area contributed by atoms with Crippen LogP contribution in [0.5, 0.6) is 0 Å². The minimum Gasteiger partial charge on any atom is -0.310 e. The van der Waals surface area contributed by atoms with E-state index in [0.717, 1.165) is 33.1 Å². The van der Waals surface area contributed by atoms with E-state index < -0.39 is 0 Å². The molecule has 0 N–H and O–H groups in total. The second-order valence-electron chi connectivity index (χ2n) is 16.6. The number of rotatable bonds is 4. The molecule has 2 aliphatic carbocycles. The van der Waals surface area contributed by atoms with E-state index in [1.54, 1.807) is 0 Å². The minimum atomic E-state index is -0.186. The first kappa shape index (κ1) is 33.7. The van der Waals surface area contributed by atoms with Crippen molar-refractivity contribution in [1.29, 1.82) is 0 Å². The van der Waals surface area contributed by atoms with Crippen molar-refractivity contribution in [3.05, 3.63) is 217 Å². The first-order valence-electron chi connectivity index (χ1n) is 20.5. The van der Waals surface area contributed by atoms with Crippen molar-refractivity contribution in [2.45, 2.75) is 25.2 Å². The number of hydrogen-bond donors (Lipinski definition) is 0. The maximum absolute atomic E-state index is 5.31. The SMILES string of the molecule is CC1(C)c2cc(-c3ccc(-c4ccc5c(c4)N(c4ccccc4)C4=CC5C=CC=C4)cc3)ccc2-c2ccc(-c3cnc4c5ccccc5c5ccccc5c4n3)cc21. The van der Waals surface area contributed by atoms with Gasteiger partial charge in [0.2, 0.25) is 0 Å². The standard InChI is InChI=1S/C56H39N3/c1-56(2)50-31-37(35-20-22-36(23-21-35)38-24-27-43-39-12-6-7-15-42(30-39)59(53(43)33-38)41-13-4-3-5-14-41)25-28-46(50)47-29-26-40(32-51(47)56)52-34-57-54-48-18-10-8-16-44(48)45-17-9-11-19-49(45)55(54)58-52/h3-34,39H,1-2H3. The summed E-state index contributed by atoms with van der Waals surface area (Å²) in [5.41, 5.74) is 18.7. The highest BCUT2D eigenvalue weighted by molar-refractivity contribution is 6.23. The highest BCUT2D eigenvalue weighted by Gasteiger charge is 2.36. The normalized spacial score (nSPS) is 15.9. The molecular weight excluding hydrogens is 715 g/mol. The molecule has 3 aliphatic rings. The number of para-hydroxylation sites is 1. The van der Waals surface area contributed by atoms with E-state index in [0.29, 0.717) is 0 Å². The number of anilines is 2. The molecule has 12 rings (SSSR count). The van der Waals surface area contributed by atoms with Crippen LogP contribution in [-0.4, -0.2) is 9.97 Å². The predicted octanol–water partition coefficient (Wildman–Crippen LogP) is 14.5. The molecule has 2 heterocycles. The average Bonchev–Trinajstić information content (AvgIpc) is 3.38. The Morgan fingerprint density at radius 1 is 0.525 bits per heavy atom. The van der Waals surface area contributed by atoms with Crippen molar-refractivity contribution in [2.24, 2.45) is 0 Å². The van der Waals surface area contributed by atoms with E-state index in [2.05, 4.69) is 207 Å². The number of fused-ring (bicyclic) bond motifs is 12. The Hall–Kier alpha value is -7.36. The Morgan fingerprint density at radius 2 is 1.10 bits per heavy atom. The van der Waals surface area contributed by atoms with Gasteiger partial charge in [0.15, 0.2) is 0 Å². The van der Waals surface area contributed by atoms with Gasteiger partial charge in [-0.15, -0.1) is 0 Å².